The van der Waals surface area contributed by atoms with E-state index in [4.69, 9.17) is 16.6 Å². The molecule has 1 aromatic carbocycles. The van der Waals surface area contributed by atoms with Crippen molar-refractivity contribution in [2.45, 2.75) is 13.0 Å². The van der Waals surface area contributed by atoms with Crippen molar-refractivity contribution < 1.29 is 14.7 Å². The summed E-state index contributed by atoms with van der Waals surface area (Å²) in [5, 5.41) is 16.9. The van der Waals surface area contributed by atoms with Gasteiger partial charge < -0.3 is 15.3 Å². The first-order chi connectivity index (χ1) is 16.4. The van der Waals surface area contributed by atoms with Crippen LogP contribution in [0.2, 0.25) is 5.15 Å². The topological polar surface area (TPSA) is 105 Å². The Morgan fingerprint density at radius 3 is 2.71 bits per heavy atom. The molecule has 10 heteroatoms. The Balaban J connectivity index is 1.54. The first-order valence-corrected chi connectivity index (χ1v) is 11.2. The molecule has 9 nitrogen and oxygen atoms in total. The molecule has 4 aromatic rings. The number of imidazole rings is 1. The van der Waals surface area contributed by atoms with Crippen LogP contribution in [0.1, 0.15) is 16.1 Å². The summed E-state index contributed by atoms with van der Waals surface area (Å²) in [6.07, 6.45) is 3.66. The van der Waals surface area contributed by atoms with E-state index in [0.717, 1.165) is 22.4 Å². The fourth-order valence-electron chi connectivity index (χ4n) is 4.37. The van der Waals surface area contributed by atoms with Crippen LogP contribution < -0.4 is 5.32 Å². The fourth-order valence-corrected chi connectivity index (χ4v) is 4.66. The molecule has 2 amide bonds. The standard InChI is InChI=1S/C24H23ClN6O3/c1-14-19(11-29(2)28-14)17-5-3-4-6-18(17)22-23(25)31-8-7-15(9-20(31)27-22)24(34)30-10-16(13-32)26-21(33)12-30/h3-9,11,16,32H,10,12-13H2,1-2H3,(H,26,33). The summed E-state index contributed by atoms with van der Waals surface area (Å²) < 4.78 is 3.49. The van der Waals surface area contributed by atoms with Gasteiger partial charge >= 0.3 is 0 Å². The number of aliphatic hydroxyl groups is 1. The highest BCUT2D eigenvalue weighted by Gasteiger charge is 2.28. The van der Waals surface area contributed by atoms with Crippen LogP contribution in [0.15, 0.2) is 48.8 Å². The van der Waals surface area contributed by atoms with Gasteiger partial charge in [-0.2, -0.15) is 5.10 Å². The average Bonchev–Trinajstić information content (AvgIpc) is 3.35. The van der Waals surface area contributed by atoms with Gasteiger partial charge in [0.05, 0.1) is 24.9 Å². The summed E-state index contributed by atoms with van der Waals surface area (Å²) in [4.78, 5) is 31.2. The maximum atomic E-state index is 13.1. The third kappa shape index (κ3) is 3.82. The van der Waals surface area contributed by atoms with Crippen molar-refractivity contribution in [3.05, 3.63) is 65.2 Å². The van der Waals surface area contributed by atoms with Crippen LogP contribution >= 0.6 is 11.6 Å². The minimum Gasteiger partial charge on any atom is -0.394 e. The molecule has 0 bridgehead atoms. The van der Waals surface area contributed by atoms with Gasteiger partial charge in [0.1, 0.15) is 16.5 Å². The van der Waals surface area contributed by atoms with E-state index >= 15 is 0 Å². The number of aromatic nitrogens is 4. The molecule has 0 spiro atoms. The number of piperazine rings is 1. The molecule has 1 atom stereocenters. The summed E-state index contributed by atoms with van der Waals surface area (Å²) in [7, 11) is 1.88. The molecule has 2 N–H and O–H groups in total. The van der Waals surface area contributed by atoms with E-state index in [-0.39, 0.29) is 31.5 Å². The zero-order valence-electron chi connectivity index (χ0n) is 18.7. The lowest BCUT2D eigenvalue weighted by atomic mass is 9.99. The molecule has 1 saturated heterocycles. The Labute approximate surface area is 200 Å². The van der Waals surface area contributed by atoms with Crippen molar-refractivity contribution in [1.29, 1.82) is 0 Å². The van der Waals surface area contributed by atoms with Crippen LogP contribution in [0.25, 0.3) is 28.0 Å². The second-order valence-corrected chi connectivity index (χ2v) is 8.73. The summed E-state index contributed by atoms with van der Waals surface area (Å²) in [6, 6.07) is 10.7. The second kappa shape index (κ2) is 8.58. The molecule has 1 aliphatic rings. The van der Waals surface area contributed by atoms with Crippen LogP contribution in [0.5, 0.6) is 0 Å². The number of carbonyl (C=O) groups excluding carboxylic acids is 2. The number of pyridine rings is 1. The number of hydrogen-bond acceptors (Lipinski definition) is 5. The molecule has 34 heavy (non-hydrogen) atoms. The minimum absolute atomic E-state index is 0.0567. The predicted molar refractivity (Wildman–Crippen MR) is 127 cm³/mol. The van der Waals surface area contributed by atoms with E-state index in [2.05, 4.69) is 10.4 Å². The number of carbonyl (C=O) groups is 2. The normalized spacial score (nSPS) is 16.2. The van der Waals surface area contributed by atoms with Crippen molar-refractivity contribution in [3.8, 4) is 22.4 Å². The minimum atomic E-state index is -0.478. The number of rotatable bonds is 4. The maximum absolute atomic E-state index is 13.1. The zero-order chi connectivity index (χ0) is 24.0. The van der Waals surface area contributed by atoms with E-state index < -0.39 is 6.04 Å². The fraction of sp³-hybridized carbons (Fsp3) is 0.250. The van der Waals surface area contributed by atoms with Crippen LogP contribution in [0, 0.1) is 6.92 Å². The van der Waals surface area contributed by atoms with Crippen molar-refractivity contribution in [3.63, 3.8) is 0 Å². The van der Waals surface area contributed by atoms with Gasteiger partial charge in [0.2, 0.25) is 5.91 Å². The number of nitrogens with zero attached hydrogens (tertiary/aromatic N) is 5. The highest BCUT2D eigenvalue weighted by atomic mass is 35.5. The van der Waals surface area contributed by atoms with E-state index in [9.17, 15) is 14.7 Å². The van der Waals surface area contributed by atoms with Crippen molar-refractivity contribution in [2.24, 2.45) is 7.05 Å². The first kappa shape index (κ1) is 22.1. The number of hydrogen-bond donors (Lipinski definition) is 2. The van der Waals surface area contributed by atoms with Gasteiger partial charge in [-0.05, 0) is 24.6 Å². The Bertz CT molecular complexity index is 1430. The molecule has 5 rings (SSSR count). The van der Waals surface area contributed by atoms with Crippen LogP contribution in [-0.2, 0) is 11.8 Å². The molecule has 0 saturated carbocycles. The average molecular weight is 479 g/mol. The predicted octanol–water partition coefficient (Wildman–Crippen LogP) is 2.30. The van der Waals surface area contributed by atoms with Gasteiger partial charge in [0, 0.05) is 42.7 Å². The lowest BCUT2D eigenvalue weighted by Gasteiger charge is -2.32. The van der Waals surface area contributed by atoms with Gasteiger partial charge in [-0.15, -0.1) is 0 Å². The third-order valence-electron chi connectivity index (χ3n) is 5.95. The largest absolute Gasteiger partial charge is 0.394 e. The monoisotopic (exact) mass is 478 g/mol. The number of aryl methyl sites for hydroxylation is 2. The van der Waals surface area contributed by atoms with Crippen molar-refractivity contribution in [1.82, 2.24) is 29.4 Å². The Morgan fingerprint density at radius 1 is 1.24 bits per heavy atom. The van der Waals surface area contributed by atoms with Gasteiger partial charge in [-0.25, -0.2) is 4.98 Å². The van der Waals surface area contributed by atoms with Gasteiger partial charge in [0.15, 0.2) is 0 Å². The molecule has 1 fully saturated rings. The molecule has 3 aromatic heterocycles. The first-order valence-electron chi connectivity index (χ1n) is 10.8. The highest BCUT2D eigenvalue weighted by molar-refractivity contribution is 6.32. The third-order valence-corrected chi connectivity index (χ3v) is 6.31. The molecule has 174 valence electrons. The maximum Gasteiger partial charge on any atom is 0.254 e. The van der Waals surface area contributed by atoms with Crippen molar-refractivity contribution in [2.75, 3.05) is 19.7 Å². The Hall–Kier alpha value is -3.69. The molecule has 0 aliphatic carbocycles. The van der Waals surface area contributed by atoms with E-state index in [1.165, 1.54) is 4.90 Å². The lowest BCUT2D eigenvalue weighted by molar-refractivity contribution is -0.125. The van der Waals surface area contributed by atoms with Gasteiger partial charge in [-0.3, -0.25) is 18.7 Å². The molecule has 1 aliphatic heterocycles. The summed E-state index contributed by atoms with van der Waals surface area (Å²) in [5.74, 6) is -0.601. The van der Waals surface area contributed by atoms with Gasteiger partial charge in [0.25, 0.3) is 5.91 Å². The summed E-state index contributed by atoms with van der Waals surface area (Å²) >= 11 is 6.74. The summed E-state index contributed by atoms with van der Waals surface area (Å²) in [5.41, 5.74) is 5.22. The molecule has 1 unspecified atom stereocenters. The SMILES string of the molecule is Cc1nn(C)cc1-c1ccccc1-c1nc2cc(C(=O)N3CC(=O)NC(CO)C3)ccn2c1Cl. The smallest absolute Gasteiger partial charge is 0.254 e. The van der Waals surface area contributed by atoms with Gasteiger partial charge in [-0.1, -0.05) is 35.9 Å². The van der Waals surface area contributed by atoms with Crippen LogP contribution in [0.4, 0.5) is 0 Å². The lowest BCUT2D eigenvalue weighted by Crippen LogP contribution is -2.57. The quantitative estimate of drug-likeness (QED) is 0.468. The van der Waals surface area contributed by atoms with Crippen LogP contribution in [0.3, 0.4) is 0 Å². The van der Waals surface area contributed by atoms with Crippen LogP contribution in [-0.4, -0.2) is 66.7 Å². The second-order valence-electron chi connectivity index (χ2n) is 8.37. The Kier molecular flexibility index (Phi) is 5.59. The number of halogens is 1. The van der Waals surface area contributed by atoms with Crippen molar-refractivity contribution >= 4 is 29.1 Å². The number of benzene rings is 1. The number of aliphatic hydroxyl groups excluding tert-OH is 1. The molecular weight excluding hydrogens is 456 g/mol. The molecule has 0 radical (unpaired) electrons. The number of amides is 2. The van der Waals surface area contributed by atoms with E-state index in [1.54, 1.807) is 27.4 Å². The summed E-state index contributed by atoms with van der Waals surface area (Å²) in [6.45, 7) is 1.91. The van der Waals surface area contributed by atoms with E-state index in [1.807, 2.05) is 44.4 Å². The zero-order valence-corrected chi connectivity index (χ0v) is 19.5. The molecular formula is C24H23ClN6O3. The number of fused-ring (bicyclic) bond motifs is 1. The Morgan fingerprint density at radius 2 is 2.00 bits per heavy atom. The molecule has 4 heterocycles. The number of nitrogens with one attached hydrogen (secondary N) is 1. The highest BCUT2D eigenvalue weighted by Crippen LogP contribution is 2.37. The van der Waals surface area contributed by atoms with E-state index in [0.29, 0.717) is 22.1 Å².